The average molecular weight is 359 g/mol. The smallest absolute Gasteiger partial charge is 0.257 e. The Balaban J connectivity index is 1.73. The largest absolute Gasteiger partial charge is 0.322 e. The molecular weight excluding hydrogens is 338 g/mol. The van der Waals surface area contributed by atoms with Gasteiger partial charge in [-0.1, -0.05) is 37.3 Å². The molecule has 0 saturated heterocycles. The van der Waals surface area contributed by atoms with Crippen LogP contribution in [0.3, 0.4) is 0 Å². The average Bonchev–Trinajstić information content (AvgIpc) is 2.70. The molecule has 2 N–H and O–H groups in total. The number of aromatic nitrogens is 1. The number of amides is 2. The van der Waals surface area contributed by atoms with Crippen molar-refractivity contribution in [3.63, 3.8) is 0 Å². The van der Waals surface area contributed by atoms with Gasteiger partial charge in [-0.2, -0.15) is 0 Å². The predicted octanol–water partition coefficient (Wildman–Crippen LogP) is 4.46. The highest BCUT2D eigenvalue weighted by Gasteiger charge is 2.12. The van der Waals surface area contributed by atoms with Crippen LogP contribution in [0.4, 0.5) is 11.4 Å². The molecular formula is C22H21N3O2. The number of hydrogen-bond donors (Lipinski definition) is 2. The summed E-state index contributed by atoms with van der Waals surface area (Å²) in [5.41, 5.74) is 4.24. The Labute approximate surface area is 158 Å². The number of benzene rings is 2. The molecule has 3 aromatic rings. The van der Waals surface area contributed by atoms with Gasteiger partial charge in [-0.25, -0.2) is 0 Å². The van der Waals surface area contributed by atoms with Gasteiger partial charge in [-0.05, 0) is 48.7 Å². The first-order valence-corrected chi connectivity index (χ1v) is 8.79. The van der Waals surface area contributed by atoms with Gasteiger partial charge in [0.15, 0.2) is 0 Å². The topological polar surface area (TPSA) is 71.1 Å². The lowest BCUT2D eigenvalue weighted by Crippen LogP contribution is -2.16. The van der Waals surface area contributed by atoms with E-state index in [1.807, 2.05) is 55.5 Å². The Kier molecular flexibility index (Phi) is 5.61. The number of aryl methyl sites for hydroxylation is 2. The molecule has 136 valence electrons. The van der Waals surface area contributed by atoms with Crippen LogP contribution in [0.5, 0.6) is 0 Å². The van der Waals surface area contributed by atoms with Gasteiger partial charge in [0, 0.05) is 23.8 Å². The van der Waals surface area contributed by atoms with Crippen molar-refractivity contribution in [3.8, 4) is 0 Å². The minimum absolute atomic E-state index is 0.307. The third-order valence-corrected chi connectivity index (χ3v) is 4.28. The van der Waals surface area contributed by atoms with Crippen molar-refractivity contribution in [2.45, 2.75) is 20.3 Å². The van der Waals surface area contributed by atoms with Gasteiger partial charge in [0.1, 0.15) is 0 Å². The lowest BCUT2D eigenvalue weighted by Gasteiger charge is -2.09. The van der Waals surface area contributed by atoms with Crippen LogP contribution in [0.2, 0.25) is 0 Å². The Morgan fingerprint density at radius 1 is 0.889 bits per heavy atom. The number of rotatable bonds is 5. The van der Waals surface area contributed by atoms with E-state index in [4.69, 9.17) is 0 Å². The van der Waals surface area contributed by atoms with Crippen LogP contribution >= 0.6 is 0 Å². The molecule has 1 heterocycles. The highest BCUT2D eigenvalue weighted by Crippen LogP contribution is 2.16. The molecule has 2 aromatic carbocycles. The summed E-state index contributed by atoms with van der Waals surface area (Å²) in [4.78, 5) is 29.0. The molecule has 5 heteroatoms. The Morgan fingerprint density at radius 3 is 2.15 bits per heavy atom. The van der Waals surface area contributed by atoms with Crippen LogP contribution in [-0.2, 0) is 6.42 Å². The molecule has 1 aromatic heterocycles. The second-order valence-electron chi connectivity index (χ2n) is 6.24. The summed E-state index contributed by atoms with van der Waals surface area (Å²) in [7, 11) is 0. The minimum atomic E-state index is -0.308. The minimum Gasteiger partial charge on any atom is -0.322 e. The van der Waals surface area contributed by atoms with E-state index in [9.17, 15) is 9.59 Å². The summed E-state index contributed by atoms with van der Waals surface area (Å²) >= 11 is 0. The number of anilines is 2. The number of para-hydroxylation sites is 1. The van der Waals surface area contributed by atoms with Crippen molar-refractivity contribution in [1.82, 2.24) is 4.98 Å². The maximum Gasteiger partial charge on any atom is 0.257 e. The van der Waals surface area contributed by atoms with E-state index in [1.54, 1.807) is 0 Å². The van der Waals surface area contributed by atoms with Gasteiger partial charge in [0.2, 0.25) is 0 Å². The quantitative estimate of drug-likeness (QED) is 0.707. The van der Waals surface area contributed by atoms with Crippen LogP contribution in [-0.4, -0.2) is 16.8 Å². The van der Waals surface area contributed by atoms with Crippen molar-refractivity contribution >= 4 is 23.2 Å². The molecule has 0 aliphatic heterocycles. The van der Waals surface area contributed by atoms with E-state index in [0.717, 1.165) is 17.7 Å². The molecule has 27 heavy (non-hydrogen) atoms. The molecule has 0 radical (unpaired) electrons. The van der Waals surface area contributed by atoms with Gasteiger partial charge in [-0.3, -0.25) is 14.6 Å². The van der Waals surface area contributed by atoms with E-state index < -0.39 is 0 Å². The highest BCUT2D eigenvalue weighted by atomic mass is 16.2. The Morgan fingerprint density at radius 2 is 1.52 bits per heavy atom. The van der Waals surface area contributed by atoms with Crippen molar-refractivity contribution in [3.05, 3.63) is 89.2 Å². The van der Waals surface area contributed by atoms with Gasteiger partial charge >= 0.3 is 0 Å². The molecule has 2 amide bonds. The number of hydrogen-bond acceptors (Lipinski definition) is 3. The normalized spacial score (nSPS) is 10.3. The number of pyridine rings is 1. The van der Waals surface area contributed by atoms with Crippen LogP contribution in [0, 0.1) is 6.92 Å². The van der Waals surface area contributed by atoms with Gasteiger partial charge in [-0.15, -0.1) is 0 Å². The van der Waals surface area contributed by atoms with Crippen LogP contribution in [0.25, 0.3) is 0 Å². The molecule has 3 rings (SSSR count). The highest BCUT2D eigenvalue weighted by molar-refractivity contribution is 6.08. The molecule has 5 nitrogen and oxygen atoms in total. The summed E-state index contributed by atoms with van der Waals surface area (Å²) in [6.07, 6.45) is 3.83. The maximum atomic E-state index is 12.5. The Bertz CT molecular complexity index is 965. The summed E-state index contributed by atoms with van der Waals surface area (Å²) in [5.74, 6) is -0.615. The number of carbonyl (C=O) groups is 2. The van der Waals surface area contributed by atoms with E-state index in [2.05, 4.69) is 22.5 Å². The zero-order valence-corrected chi connectivity index (χ0v) is 15.3. The molecule has 0 saturated carbocycles. The van der Waals surface area contributed by atoms with Crippen molar-refractivity contribution in [1.29, 1.82) is 0 Å². The predicted molar refractivity (Wildman–Crippen MR) is 107 cm³/mol. The standard InChI is InChI=1S/C22H21N3O2/c1-3-16-8-10-19(11-9-16)24-21(26)17-12-18(14-23-13-17)22(27)25-20-7-5-4-6-15(20)2/h4-14H,3H2,1-2H3,(H,24,26)(H,25,27). The van der Waals surface area contributed by atoms with Crippen LogP contribution in [0.1, 0.15) is 38.8 Å². The molecule has 0 spiro atoms. The number of nitrogens with one attached hydrogen (secondary N) is 2. The third kappa shape index (κ3) is 4.58. The molecule has 0 aliphatic rings. The summed E-state index contributed by atoms with van der Waals surface area (Å²) in [6.45, 7) is 3.99. The summed E-state index contributed by atoms with van der Waals surface area (Å²) < 4.78 is 0. The first kappa shape index (κ1) is 18.3. The third-order valence-electron chi connectivity index (χ3n) is 4.28. The Hall–Kier alpha value is -3.47. The molecule has 0 fully saturated rings. The SMILES string of the molecule is CCc1ccc(NC(=O)c2cncc(C(=O)Nc3ccccc3C)c2)cc1. The van der Waals surface area contributed by atoms with Crippen molar-refractivity contribution in [2.75, 3.05) is 10.6 Å². The van der Waals surface area contributed by atoms with E-state index in [0.29, 0.717) is 16.8 Å². The zero-order chi connectivity index (χ0) is 19.2. The van der Waals surface area contributed by atoms with Crippen molar-refractivity contribution in [2.24, 2.45) is 0 Å². The second-order valence-corrected chi connectivity index (χ2v) is 6.24. The van der Waals surface area contributed by atoms with Crippen LogP contribution in [0.15, 0.2) is 67.0 Å². The van der Waals surface area contributed by atoms with E-state index >= 15 is 0 Å². The summed E-state index contributed by atoms with van der Waals surface area (Å²) in [6, 6.07) is 16.7. The molecule has 0 aliphatic carbocycles. The number of carbonyl (C=O) groups excluding carboxylic acids is 2. The molecule has 0 bridgehead atoms. The fraction of sp³-hybridized carbons (Fsp3) is 0.136. The number of nitrogens with zero attached hydrogens (tertiary/aromatic N) is 1. The fourth-order valence-corrected chi connectivity index (χ4v) is 2.62. The van der Waals surface area contributed by atoms with Gasteiger partial charge in [0.05, 0.1) is 11.1 Å². The van der Waals surface area contributed by atoms with Gasteiger partial charge < -0.3 is 10.6 Å². The summed E-state index contributed by atoms with van der Waals surface area (Å²) in [5, 5.41) is 5.67. The lowest BCUT2D eigenvalue weighted by molar-refractivity contribution is 0.102. The monoisotopic (exact) mass is 359 g/mol. The first-order valence-electron chi connectivity index (χ1n) is 8.79. The molecule has 0 unspecified atom stereocenters. The second kappa shape index (κ2) is 8.27. The van der Waals surface area contributed by atoms with Gasteiger partial charge in [0.25, 0.3) is 11.8 Å². The van der Waals surface area contributed by atoms with Crippen molar-refractivity contribution < 1.29 is 9.59 Å². The zero-order valence-electron chi connectivity index (χ0n) is 15.3. The molecule has 0 atom stereocenters. The van der Waals surface area contributed by atoms with E-state index in [1.165, 1.54) is 24.0 Å². The van der Waals surface area contributed by atoms with E-state index in [-0.39, 0.29) is 11.8 Å². The van der Waals surface area contributed by atoms with Crippen LogP contribution < -0.4 is 10.6 Å². The lowest BCUT2D eigenvalue weighted by atomic mass is 10.1. The first-order chi connectivity index (χ1) is 13.1. The fourth-order valence-electron chi connectivity index (χ4n) is 2.62. The maximum absolute atomic E-state index is 12.5.